The number of amides is 3. The van der Waals surface area contributed by atoms with Crippen molar-refractivity contribution < 1.29 is 29.4 Å². The second-order valence-electron chi connectivity index (χ2n) is 8.04. The van der Waals surface area contributed by atoms with Crippen molar-refractivity contribution in [1.29, 1.82) is 0 Å². The number of nitrogens with one attached hydrogen (secondary N) is 3. The maximum atomic E-state index is 12.5. The molecule has 13 heteroatoms. The Balaban J connectivity index is 4.95. The zero-order chi connectivity index (χ0) is 25.0. The standard InChI is InChI=1S/C19H37N7O6/c1-9(2)8-13(17(30)26-14(11(4)27)18(31)32)25-15(28)10(3)24-16(29)12(20)6-5-7-23-19(21)22/h9-14,27H,5-8,20H2,1-4H3,(H,24,29)(H,25,28)(H,26,30)(H,31,32)(H4,21,22,23). The van der Waals surface area contributed by atoms with E-state index in [-0.39, 0.29) is 18.3 Å². The van der Waals surface area contributed by atoms with Crippen molar-refractivity contribution in [2.75, 3.05) is 6.54 Å². The van der Waals surface area contributed by atoms with Crippen LogP contribution in [0.15, 0.2) is 4.99 Å². The van der Waals surface area contributed by atoms with E-state index >= 15 is 0 Å². The van der Waals surface area contributed by atoms with Gasteiger partial charge in [-0.05, 0) is 39.0 Å². The van der Waals surface area contributed by atoms with Crippen LogP contribution in [0.1, 0.15) is 47.0 Å². The van der Waals surface area contributed by atoms with Crippen LogP contribution in [0.4, 0.5) is 0 Å². The molecular formula is C19H37N7O6. The van der Waals surface area contributed by atoms with Crippen molar-refractivity contribution in [2.45, 2.75) is 77.2 Å². The number of carboxylic acids is 1. The summed E-state index contributed by atoms with van der Waals surface area (Å²) in [4.78, 5) is 52.3. The van der Waals surface area contributed by atoms with Gasteiger partial charge in [0.2, 0.25) is 17.7 Å². The average molecular weight is 460 g/mol. The summed E-state index contributed by atoms with van der Waals surface area (Å²) in [5.74, 6) is -3.42. The fourth-order valence-corrected chi connectivity index (χ4v) is 2.68. The van der Waals surface area contributed by atoms with Crippen LogP contribution < -0.4 is 33.2 Å². The SMILES string of the molecule is CC(C)CC(NC(=O)C(C)NC(=O)C(N)CCCN=C(N)N)C(=O)NC(C(=O)O)C(C)O. The summed E-state index contributed by atoms with van der Waals surface area (Å²) in [5.41, 5.74) is 16.2. The molecule has 0 aliphatic carbocycles. The van der Waals surface area contributed by atoms with Gasteiger partial charge in [0.15, 0.2) is 12.0 Å². The van der Waals surface area contributed by atoms with Crippen molar-refractivity contribution in [2.24, 2.45) is 28.1 Å². The highest BCUT2D eigenvalue weighted by atomic mass is 16.4. The van der Waals surface area contributed by atoms with Gasteiger partial charge in [-0.25, -0.2) is 4.79 Å². The van der Waals surface area contributed by atoms with Crippen LogP contribution in [0, 0.1) is 5.92 Å². The highest BCUT2D eigenvalue weighted by Crippen LogP contribution is 2.07. The molecule has 0 heterocycles. The lowest BCUT2D eigenvalue weighted by atomic mass is 10.0. The molecule has 0 aromatic rings. The van der Waals surface area contributed by atoms with Crippen LogP contribution in [0.2, 0.25) is 0 Å². The number of carboxylic acid groups (broad SMARTS) is 1. The molecule has 5 atom stereocenters. The van der Waals surface area contributed by atoms with Crippen LogP contribution in [-0.2, 0) is 19.2 Å². The molecule has 0 saturated carbocycles. The molecule has 0 aliphatic rings. The van der Waals surface area contributed by atoms with Gasteiger partial charge in [-0.15, -0.1) is 0 Å². The van der Waals surface area contributed by atoms with Gasteiger partial charge >= 0.3 is 5.97 Å². The van der Waals surface area contributed by atoms with Crippen LogP contribution in [-0.4, -0.2) is 76.7 Å². The van der Waals surface area contributed by atoms with E-state index in [4.69, 9.17) is 22.3 Å². The Morgan fingerprint density at radius 2 is 1.53 bits per heavy atom. The Morgan fingerprint density at radius 3 is 2.00 bits per heavy atom. The van der Waals surface area contributed by atoms with Crippen LogP contribution in [0.3, 0.4) is 0 Å². The van der Waals surface area contributed by atoms with E-state index in [1.807, 2.05) is 13.8 Å². The minimum absolute atomic E-state index is 0.00980. The molecule has 0 saturated heterocycles. The smallest absolute Gasteiger partial charge is 0.328 e. The van der Waals surface area contributed by atoms with E-state index in [1.54, 1.807) is 0 Å². The van der Waals surface area contributed by atoms with Crippen molar-refractivity contribution >= 4 is 29.7 Å². The van der Waals surface area contributed by atoms with Gasteiger partial charge in [-0.2, -0.15) is 0 Å². The van der Waals surface area contributed by atoms with Gasteiger partial charge in [-0.3, -0.25) is 19.4 Å². The predicted octanol–water partition coefficient (Wildman–Crippen LogP) is -2.65. The summed E-state index contributed by atoms with van der Waals surface area (Å²) in [7, 11) is 0. The summed E-state index contributed by atoms with van der Waals surface area (Å²) in [6.45, 7) is 6.62. The molecule has 0 fully saturated rings. The predicted molar refractivity (Wildman–Crippen MR) is 118 cm³/mol. The fraction of sp³-hybridized carbons (Fsp3) is 0.737. The van der Waals surface area contributed by atoms with Gasteiger partial charge in [0.1, 0.15) is 12.1 Å². The monoisotopic (exact) mass is 459 g/mol. The summed E-state index contributed by atoms with van der Waals surface area (Å²) in [6, 6.07) is -4.46. The van der Waals surface area contributed by atoms with Gasteiger partial charge in [0.25, 0.3) is 0 Å². The van der Waals surface area contributed by atoms with E-state index in [0.29, 0.717) is 19.4 Å². The number of carbonyl (C=O) groups is 4. The maximum Gasteiger partial charge on any atom is 0.328 e. The van der Waals surface area contributed by atoms with Crippen LogP contribution in [0.5, 0.6) is 0 Å². The van der Waals surface area contributed by atoms with E-state index in [9.17, 15) is 24.3 Å². The van der Waals surface area contributed by atoms with Crippen molar-refractivity contribution in [3.8, 4) is 0 Å². The number of hydrogen-bond acceptors (Lipinski definition) is 7. The Kier molecular flexibility index (Phi) is 12.9. The average Bonchev–Trinajstić information content (AvgIpc) is 2.67. The maximum absolute atomic E-state index is 12.5. The molecule has 32 heavy (non-hydrogen) atoms. The number of carbonyl (C=O) groups excluding carboxylic acids is 3. The Bertz CT molecular complexity index is 679. The number of aliphatic hydroxyl groups excluding tert-OH is 1. The van der Waals surface area contributed by atoms with Crippen LogP contribution >= 0.6 is 0 Å². The third-order valence-corrected chi connectivity index (χ3v) is 4.44. The first-order chi connectivity index (χ1) is 14.8. The zero-order valence-corrected chi connectivity index (χ0v) is 19.0. The minimum atomic E-state index is -1.52. The Hall–Kier alpha value is -2.93. The third-order valence-electron chi connectivity index (χ3n) is 4.44. The second-order valence-corrected chi connectivity index (χ2v) is 8.04. The van der Waals surface area contributed by atoms with E-state index in [2.05, 4.69) is 20.9 Å². The molecule has 0 aromatic heterocycles. The zero-order valence-electron chi connectivity index (χ0n) is 19.0. The first-order valence-electron chi connectivity index (χ1n) is 10.4. The molecule has 0 spiro atoms. The molecule has 5 unspecified atom stereocenters. The lowest BCUT2D eigenvalue weighted by molar-refractivity contribution is -0.145. The number of aliphatic carboxylic acids is 1. The first-order valence-corrected chi connectivity index (χ1v) is 10.4. The fourth-order valence-electron chi connectivity index (χ4n) is 2.68. The quantitative estimate of drug-likeness (QED) is 0.0768. The number of guanidine groups is 1. The number of aliphatic imine (C=N–C) groups is 1. The largest absolute Gasteiger partial charge is 0.480 e. The number of aliphatic hydroxyl groups is 1. The van der Waals surface area contributed by atoms with E-state index in [1.165, 1.54) is 13.8 Å². The molecule has 184 valence electrons. The Labute approximate surface area is 187 Å². The van der Waals surface area contributed by atoms with Gasteiger partial charge < -0.3 is 43.4 Å². The molecule has 0 aromatic carbocycles. The first kappa shape index (κ1) is 29.1. The summed E-state index contributed by atoms with van der Waals surface area (Å²) in [6.07, 6.45) is -0.351. The lowest BCUT2D eigenvalue weighted by Gasteiger charge is -2.25. The molecule has 11 N–H and O–H groups in total. The molecule has 0 rings (SSSR count). The number of nitrogens with two attached hydrogens (primary N) is 3. The highest BCUT2D eigenvalue weighted by Gasteiger charge is 2.31. The summed E-state index contributed by atoms with van der Waals surface area (Å²) >= 11 is 0. The van der Waals surface area contributed by atoms with E-state index in [0.717, 1.165) is 0 Å². The minimum Gasteiger partial charge on any atom is -0.480 e. The molecule has 0 aliphatic heterocycles. The molecule has 13 nitrogen and oxygen atoms in total. The van der Waals surface area contributed by atoms with Crippen molar-refractivity contribution in [1.82, 2.24) is 16.0 Å². The molecule has 0 radical (unpaired) electrons. The van der Waals surface area contributed by atoms with Crippen LogP contribution in [0.25, 0.3) is 0 Å². The second kappa shape index (κ2) is 14.2. The summed E-state index contributed by atoms with van der Waals surface area (Å²) in [5, 5.41) is 25.9. The molecular weight excluding hydrogens is 422 g/mol. The van der Waals surface area contributed by atoms with Gasteiger partial charge in [0.05, 0.1) is 12.1 Å². The molecule has 0 bridgehead atoms. The Morgan fingerprint density at radius 1 is 0.938 bits per heavy atom. The summed E-state index contributed by atoms with van der Waals surface area (Å²) < 4.78 is 0. The lowest BCUT2D eigenvalue weighted by Crippen LogP contribution is -2.58. The topological polar surface area (TPSA) is 235 Å². The van der Waals surface area contributed by atoms with Gasteiger partial charge in [0, 0.05) is 6.54 Å². The van der Waals surface area contributed by atoms with Gasteiger partial charge in [-0.1, -0.05) is 13.8 Å². The molecule has 3 amide bonds. The third kappa shape index (κ3) is 11.5. The number of nitrogens with zero attached hydrogens (tertiary/aromatic N) is 1. The highest BCUT2D eigenvalue weighted by molar-refractivity contribution is 5.94. The number of hydrogen-bond donors (Lipinski definition) is 8. The van der Waals surface area contributed by atoms with E-state index < -0.39 is 54.0 Å². The van der Waals surface area contributed by atoms with Crippen molar-refractivity contribution in [3.63, 3.8) is 0 Å². The normalized spacial score (nSPS) is 15.6. The number of rotatable bonds is 14. The van der Waals surface area contributed by atoms with Crippen molar-refractivity contribution in [3.05, 3.63) is 0 Å².